The van der Waals surface area contributed by atoms with Gasteiger partial charge >= 0.3 is 0 Å². The minimum atomic E-state index is -0.137. The third-order valence-electron chi connectivity index (χ3n) is 3.64. The summed E-state index contributed by atoms with van der Waals surface area (Å²) in [6, 6.07) is 13.6. The SMILES string of the molecule is O=C(CSc1nncn1Cc1ccco1)Nc1nc(-c2ccccc2)cs1. The lowest BCUT2D eigenvalue weighted by molar-refractivity contribution is -0.113. The molecule has 3 aromatic heterocycles. The van der Waals surface area contributed by atoms with Crippen molar-refractivity contribution >= 4 is 34.1 Å². The number of thioether (sulfide) groups is 1. The van der Waals surface area contributed by atoms with Crippen molar-refractivity contribution < 1.29 is 9.21 Å². The standard InChI is InChI=1S/C18H15N5O2S2/c24-16(21-17-20-15(10-26-17)13-5-2-1-3-6-13)11-27-18-22-19-12-23(18)9-14-7-4-8-25-14/h1-8,10,12H,9,11H2,(H,20,21,24). The molecule has 1 amide bonds. The van der Waals surface area contributed by atoms with Crippen LogP contribution in [0.2, 0.25) is 0 Å². The maximum Gasteiger partial charge on any atom is 0.236 e. The van der Waals surface area contributed by atoms with Crippen molar-refractivity contribution in [3.05, 3.63) is 66.2 Å². The quantitative estimate of drug-likeness (QED) is 0.478. The molecular weight excluding hydrogens is 382 g/mol. The molecule has 9 heteroatoms. The fourth-order valence-corrected chi connectivity index (χ4v) is 3.84. The lowest BCUT2D eigenvalue weighted by Crippen LogP contribution is -2.14. The van der Waals surface area contributed by atoms with E-state index in [0.29, 0.717) is 16.8 Å². The first-order chi connectivity index (χ1) is 13.3. The second-order valence-electron chi connectivity index (χ2n) is 5.56. The molecular formula is C18H15N5O2S2. The van der Waals surface area contributed by atoms with Crippen molar-refractivity contribution in [1.82, 2.24) is 19.7 Å². The van der Waals surface area contributed by atoms with E-state index in [2.05, 4.69) is 20.5 Å². The molecule has 0 radical (unpaired) electrons. The number of carbonyl (C=O) groups excluding carboxylic acids is 1. The minimum absolute atomic E-state index is 0.137. The second-order valence-corrected chi connectivity index (χ2v) is 7.36. The smallest absolute Gasteiger partial charge is 0.236 e. The van der Waals surface area contributed by atoms with E-state index in [0.717, 1.165) is 17.0 Å². The van der Waals surface area contributed by atoms with Crippen LogP contribution in [0.15, 0.2) is 70.0 Å². The van der Waals surface area contributed by atoms with Gasteiger partial charge in [0, 0.05) is 10.9 Å². The number of anilines is 1. The summed E-state index contributed by atoms with van der Waals surface area (Å²) in [6.07, 6.45) is 3.24. The van der Waals surface area contributed by atoms with Gasteiger partial charge in [-0.05, 0) is 12.1 Å². The van der Waals surface area contributed by atoms with Gasteiger partial charge in [-0.3, -0.25) is 4.79 Å². The highest BCUT2D eigenvalue weighted by Gasteiger charge is 2.12. The van der Waals surface area contributed by atoms with E-state index in [9.17, 15) is 4.79 Å². The van der Waals surface area contributed by atoms with Crippen molar-refractivity contribution in [2.24, 2.45) is 0 Å². The third kappa shape index (κ3) is 4.44. The van der Waals surface area contributed by atoms with E-state index in [1.807, 2.05) is 52.4 Å². The number of aromatic nitrogens is 4. The molecule has 4 rings (SSSR count). The Morgan fingerprint density at radius 3 is 2.93 bits per heavy atom. The van der Waals surface area contributed by atoms with E-state index >= 15 is 0 Å². The molecule has 3 heterocycles. The van der Waals surface area contributed by atoms with E-state index in [1.165, 1.54) is 23.1 Å². The van der Waals surface area contributed by atoms with Crippen LogP contribution in [0.4, 0.5) is 5.13 Å². The van der Waals surface area contributed by atoms with Crippen molar-refractivity contribution in [3.63, 3.8) is 0 Å². The number of hydrogen-bond acceptors (Lipinski definition) is 7. The van der Waals surface area contributed by atoms with Crippen LogP contribution in [-0.2, 0) is 11.3 Å². The van der Waals surface area contributed by atoms with Gasteiger partial charge in [0.05, 0.1) is 24.3 Å². The molecule has 1 aromatic carbocycles. The molecule has 0 spiro atoms. The number of benzene rings is 1. The van der Waals surface area contributed by atoms with Crippen LogP contribution in [0.5, 0.6) is 0 Å². The van der Waals surface area contributed by atoms with Gasteiger partial charge in [0.15, 0.2) is 10.3 Å². The van der Waals surface area contributed by atoms with Gasteiger partial charge in [0.2, 0.25) is 5.91 Å². The van der Waals surface area contributed by atoms with Crippen LogP contribution >= 0.6 is 23.1 Å². The highest BCUT2D eigenvalue weighted by molar-refractivity contribution is 7.99. The molecule has 136 valence electrons. The summed E-state index contributed by atoms with van der Waals surface area (Å²) in [5.74, 6) is 0.885. The predicted molar refractivity (Wildman–Crippen MR) is 105 cm³/mol. The van der Waals surface area contributed by atoms with E-state index in [-0.39, 0.29) is 11.7 Å². The van der Waals surface area contributed by atoms with E-state index in [4.69, 9.17) is 4.42 Å². The lowest BCUT2D eigenvalue weighted by Gasteiger charge is -2.04. The van der Waals surface area contributed by atoms with Crippen molar-refractivity contribution in [2.75, 3.05) is 11.1 Å². The average molecular weight is 397 g/mol. The Bertz CT molecular complexity index is 1010. The molecule has 7 nitrogen and oxygen atoms in total. The first kappa shape index (κ1) is 17.5. The molecule has 0 aliphatic rings. The summed E-state index contributed by atoms with van der Waals surface area (Å²) in [5.41, 5.74) is 1.87. The molecule has 27 heavy (non-hydrogen) atoms. The predicted octanol–water partition coefficient (Wildman–Crippen LogP) is 3.77. The number of carbonyl (C=O) groups is 1. The van der Waals surface area contributed by atoms with Crippen molar-refractivity contribution in [1.29, 1.82) is 0 Å². The van der Waals surface area contributed by atoms with Gasteiger partial charge in [-0.15, -0.1) is 21.5 Å². The fraction of sp³-hybridized carbons (Fsp3) is 0.111. The summed E-state index contributed by atoms with van der Waals surface area (Å²) in [5, 5.41) is 14.0. The number of hydrogen-bond donors (Lipinski definition) is 1. The number of furan rings is 1. The van der Waals surface area contributed by atoms with Gasteiger partial charge in [-0.1, -0.05) is 42.1 Å². The zero-order valence-electron chi connectivity index (χ0n) is 14.1. The van der Waals surface area contributed by atoms with Crippen molar-refractivity contribution in [3.8, 4) is 11.3 Å². The molecule has 0 aliphatic heterocycles. The fourth-order valence-electron chi connectivity index (χ4n) is 2.39. The Hall–Kier alpha value is -2.91. The number of nitrogens with one attached hydrogen (secondary N) is 1. The zero-order chi connectivity index (χ0) is 18.5. The zero-order valence-corrected chi connectivity index (χ0v) is 15.7. The highest BCUT2D eigenvalue weighted by Crippen LogP contribution is 2.25. The minimum Gasteiger partial charge on any atom is -0.467 e. The topological polar surface area (TPSA) is 85.8 Å². The van der Waals surface area contributed by atoms with Crippen LogP contribution in [0.25, 0.3) is 11.3 Å². The maximum atomic E-state index is 12.2. The van der Waals surface area contributed by atoms with Gasteiger partial charge in [0.25, 0.3) is 0 Å². The van der Waals surface area contributed by atoms with Crippen LogP contribution in [0, 0.1) is 0 Å². The largest absolute Gasteiger partial charge is 0.467 e. The molecule has 0 saturated heterocycles. The van der Waals surface area contributed by atoms with Gasteiger partial charge in [-0.25, -0.2) is 4.98 Å². The number of rotatable bonds is 7. The summed E-state index contributed by atoms with van der Waals surface area (Å²) in [6.45, 7) is 0.525. The molecule has 0 saturated carbocycles. The maximum absolute atomic E-state index is 12.2. The first-order valence-corrected chi connectivity index (χ1v) is 9.98. The molecule has 4 aromatic rings. The normalized spacial score (nSPS) is 10.8. The molecule has 0 aliphatic carbocycles. The Morgan fingerprint density at radius 2 is 2.11 bits per heavy atom. The second kappa shape index (κ2) is 8.19. The summed E-state index contributed by atoms with van der Waals surface area (Å²) in [7, 11) is 0. The van der Waals surface area contributed by atoms with Crippen LogP contribution < -0.4 is 5.32 Å². The highest BCUT2D eigenvalue weighted by atomic mass is 32.2. The van der Waals surface area contributed by atoms with E-state index in [1.54, 1.807) is 12.6 Å². The molecule has 0 fully saturated rings. The van der Waals surface area contributed by atoms with Gasteiger partial charge in [-0.2, -0.15) is 0 Å². The molecule has 0 bridgehead atoms. The Labute approximate surface area is 163 Å². The summed E-state index contributed by atoms with van der Waals surface area (Å²) >= 11 is 2.72. The first-order valence-electron chi connectivity index (χ1n) is 8.12. The van der Waals surface area contributed by atoms with Crippen molar-refractivity contribution in [2.45, 2.75) is 11.7 Å². The average Bonchev–Trinajstić information content (AvgIpc) is 3.44. The third-order valence-corrected chi connectivity index (χ3v) is 5.38. The summed E-state index contributed by atoms with van der Waals surface area (Å²) in [4.78, 5) is 16.7. The Kier molecular flexibility index (Phi) is 5.31. The molecule has 0 atom stereocenters. The Balaban J connectivity index is 1.33. The van der Waals surface area contributed by atoms with Gasteiger partial charge in [0.1, 0.15) is 12.1 Å². The van der Waals surface area contributed by atoms with Crippen LogP contribution in [0.1, 0.15) is 5.76 Å². The number of thiazole rings is 1. The van der Waals surface area contributed by atoms with E-state index < -0.39 is 0 Å². The lowest BCUT2D eigenvalue weighted by atomic mass is 10.2. The van der Waals surface area contributed by atoms with Gasteiger partial charge < -0.3 is 14.3 Å². The molecule has 1 N–H and O–H groups in total. The number of nitrogens with zero attached hydrogens (tertiary/aromatic N) is 4. The monoisotopic (exact) mass is 397 g/mol. The summed E-state index contributed by atoms with van der Waals surface area (Å²) < 4.78 is 7.17. The molecule has 0 unspecified atom stereocenters. The van der Waals surface area contributed by atoms with Crippen LogP contribution in [-0.4, -0.2) is 31.4 Å². The number of amides is 1. The van der Waals surface area contributed by atoms with Crippen LogP contribution in [0.3, 0.4) is 0 Å². The Morgan fingerprint density at radius 1 is 1.22 bits per heavy atom.